The summed E-state index contributed by atoms with van der Waals surface area (Å²) in [7, 11) is 2.13. The summed E-state index contributed by atoms with van der Waals surface area (Å²) in [6.45, 7) is 7.22. The Morgan fingerprint density at radius 2 is 1.76 bits per heavy atom. The molecule has 2 aromatic carbocycles. The molecule has 1 N–H and O–H groups in total. The summed E-state index contributed by atoms with van der Waals surface area (Å²) in [5.41, 5.74) is 4.98. The van der Waals surface area contributed by atoms with Crippen LogP contribution in [0, 0.1) is 0 Å². The normalized spacial score (nSPS) is 15.0. The van der Waals surface area contributed by atoms with Gasteiger partial charge < -0.3 is 22.5 Å². The first kappa shape index (κ1) is 19.1. The highest BCUT2D eigenvalue weighted by Crippen LogP contribution is 2.38. The van der Waals surface area contributed by atoms with E-state index >= 15 is 0 Å². The summed E-state index contributed by atoms with van der Waals surface area (Å²) in [6.07, 6.45) is 4.17. The first-order valence-electron chi connectivity index (χ1n) is 8.40. The topological polar surface area (TPSA) is 24.3 Å². The summed E-state index contributed by atoms with van der Waals surface area (Å²) in [4.78, 5) is 0. The molecule has 1 aliphatic rings. The third-order valence-corrected chi connectivity index (χ3v) is 4.60. The van der Waals surface area contributed by atoms with E-state index in [1.807, 2.05) is 37.4 Å². The van der Waals surface area contributed by atoms with Crippen LogP contribution < -0.4 is 22.5 Å². The zero-order chi connectivity index (χ0) is 17.2. The lowest BCUT2D eigenvalue weighted by molar-refractivity contribution is -0.401. The van der Waals surface area contributed by atoms with Crippen molar-refractivity contribution < 1.29 is 21.7 Å². The number of nitrogens with zero attached hydrogens (tertiary/aromatic N) is 1. The number of para-hydroxylation sites is 1. The van der Waals surface area contributed by atoms with Crippen molar-refractivity contribution in [3.8, 4) is 5.75 Å². The predicted octanol–water partition coefficient (Wildman–Crippen LogP) is 1.72. The van der Waals surface area contributed by atoms with Gasteiger partial charge in [-0.3, -0.25) is 0 Å². The molecule has 0 saturated heterocycles. The van der Waals surface area contributed by atoms with Gasteiger partial charge in [0.15, 0.2) is 5.71 Å². The minimum atomic E-state index is 0. The third-order valence-electron chi connectivity index (χ3n) is 4.60. The molecule has 0 unspecified atom stereocenters. The molecule has 4 heteroatoms. The van der Waals surface area contributed by atoms with Crippen molar-refractivity contribution >= 4 is 17.1 Å². The van der Waals surface area contributed by atoms with E-state index in [0.29, 0.717) is 6.61 Å². The Kier molecular flexibility index (Phi) is 5.91. The van der Waals surface area contributed by atoms with Gasteiger partial charge >= 0.3 is 0 Å². The highest BCUT2D eigenvalue weighted by molar-refractivity contribution is 6.03. The fourth-order valence-corrected chi connectivity index (χ4v) is 3.33. The summed E-state index contributed by atoms with van der Waals surface area (Å²) < 4.78 is 7.74. The molecule has 0 aliphatic carbocycles. The molecule has 1 heterocycles. The van der Waals surface area contributed by atoms with Gasteiger partial charge in [-0.2, -0.15) is 4.58 Å². The number of allylic oxidation sites excluding steroid dienone is 1. The van der Waals surface area contributed by atoms with Crippen LogP contribution in [0.3, 0.4) is 0 Å². The predicted molar refractivity (Wildman–Crippen MR) is 101 cm³/mol. The number of anilines is 1. The number of ether oxygens (including phenoxy) is 1. The highest BCUT2D eigenvalue weighted by Gasteiger charge is 2.42. The molecule has 25 heavy (non-hydrogen) atoms. The minimum Gasteiger partial charge on any atom is -1.00 e. The van der Waals surface area contributed by atoms with Gasteiger partial charge in [0, 0.05) is 29.6 Å². The molecular formula is C21H25ClN2O. The van der Waals surface area contributed by atoms with E-state index in [2.05, 4.69) is 61.1 Å². The quantitative estimate of drug-likeness (QED) is 0.825. The minimum absolute atomic E-state index is 0. The summed E-state index contributed by atoms with van der Waals surface area (Å²) in [6, 6.07) is 16.6. The Labute approximate surface area is 156 Å². The first-order chi connectivity index (χ1) is 11.5. The molecule has 1 aliphatic heterocycles. The second kappa shape index (κ2) is 7.75. The summed E-state index contributed by atoms with van der Waals surface area (Å²) in [5.74, 6) is 0.897. The third kappa shape index (κ3) is 3.72. The van der Waals surface area contributed by atoms with E-state index in [9.17, 15) is 0 Å². The van der Waals surface area contributed by atoms with Crippen molar-refractivity contribution in [2.24, 2.45) is 0 Å². The maximum absolute atomic E-state index is 5.47. The Morgan fingerprint density at radius 3 is 2.40 bits per heavy atom. The van der Waals surface area contributed by atoms with Crippen LogP contribution in [0.15, 0.2) is 60.8 Å². The van der Waals surface area contributed by atoms with E-state index in [4.69, 9.17) is 4.74 Å². The van der Waals surface area contributed by atoms with Crippen molar-refractivity contribution in [3.63, 3.8) is 0 Å². The molecule has 2 aromatic rings. The van der Waals surface area contributed by atoms with Crippen LogP contribution in [0.25, 0.3) is 0 Å². The Bertz CT molecular complexity index is 792. The number of hydrogen-bond donors (Lipinski definition) is 1. The SMILES string of the molecule is CCOc1ccc(NC=CC2=[N+](C)c3ccccc3C2(C)C)cc1.[Cl-]. The lowest BCUT2D eigenvalue weighted by Crippen LogP contribution is -3.00. The van der Waals surface area contributed by atoms with Crippen molar-refractivity contribution in [1.29, 1.82) is 0 Å². The fraction of sp³-hybridized carbons (Fsp3) is 0.286. The average Bonchev–Trinajstić information content (AvgIpc) is 2.78. The molecule has 132 valence electrons. The van der Waals surface area contributed by atoms with E-state index < -0.39 is 0 Å². The lowest BCUT2D eigenvalue weighted by Gasteiger charge is -2.15. The van der Waals surface area contributed by atoms with Crippen LogP contribution in [0.4, 0.5) is 11.4 Å². The van der Waals surface area contributed by atoms with Gasteiger partial charge in [0.1, 0.15) is 12.8 Å². The Balaban J connectivity index is 0.00000225. The maximum atomic E-state index is 5.47. The van der Waals surface area contributed by atoms with Gasteiger partial charge in [-0.15, -0.1) is 0 Å². The fourth-order valence-electron chi connectivity index (χ4n) is 3.33. The second-order valence-corrected chi connectivity index (χ2v) is 6.52. The van der Waals surface area contributed by atoms with Gasteiger partial charge in [-0.1, -0.05) is 18.2 Å². The smallest absolute Gasteiger partial charge is 0.209 e. The van der Waals surface area contributed by atoms with E-state index in [-0.39, 0.29) is 17.8 Å². The lowest BCUT2D eigenvalue weighted by atomic mass is 9.81. The highest BCUT2D eigenvalue weighted by atomic mass is 35.5. The van der Waals surface area contributed by atoms with E-state index in [0.717, 1.165) is 11.4 Å². The summed E-state index contributed by atoms with van der Waals surface area (Å²) in [5, 5.41) is 3.34. The zero-order valence-corrected chi connectivity index (χ0v) is 16.0. The van der Waals surface area contributed by atoms with Crippen molar-refractivity contribution in [3.05, 3.63) is 66.4 Å². The number of rotatable bonds is 5. The zero-order valence-electron chi connectivity index (χ0n) is 15.2. The molecule has 3 rings (SSSR count). The van der Waals surface area contributed by atoms with E-state index in [1.165, 1.54) is 17.0 Å². The monoisotopic (exact) mass is 356 g/mol. The van der Waals surface area contributed by atoms with Gasteiger partial charge in [-0.25, -0.2) is 0 Å². The van der Waals surface area contributed by atoms with Crippen LogP contribution >= 0.6 is 0 Å². The average molecular weight is 357 g/mol. The standard InChI is InChI=1S/C21H24N2O.ClH/c1-5-24-17-12-10-16(11-13-17)22-15-14-20-21(2,3)18-8-6-7-9-19(18)23(20)4;/h6-15H,5H2,1-4H3;1H. The number of halogens is 1. The second-order valence-electron chi connectivity index (χ2n) is 6.52. The molecule has 0 atom stereocenters. The van der Waals surface area contributed by atoms with Crippen molar-refractivity contribution in [1.82, 2.24) is 0 Å². The van der Waals surface area contributed by atoms with Crippen LogP contribution in [0.2, 0.25) is 0 Å². The maximum Gasteiger partial charge on any atom is 0.209 e. The van der Waals surface area contributed by atoms with Gasteiger partial charge in [0.2, 0.25) is 5.69 Å². The first-order valence-corrected chi connectivity index (χ1v) is 8.40. The largest absolute Gasteiger partial charge is 1.00 e. The molecule has 0 amide bonds. The molecular weight excluding hydrogens is 332 g/mol. The molecule has 0 aromatic heterocycles. The summed E-state index contributed by atoms with van der Waals surface area (Å²) >= 11 is 0. The van der Waals surface area contributed by atoms with Gasteiger partial charge in [0.05, 0.1) is 12.0 Å². The van der Waals surface area contributed by atoms with Crippen LogP contribution in [-0.4, -0.2) is 23.9 Å². The Morgan fingerprint density at radius 1 is 1.08 bits per heavy atom. The van der Waals surface area contributed by atoms with Crippen molar-refractivity contribution in [2.45, 2.75) is 26.2 Å². The molecule has 0 spiro atoms. The number of hydrogen-bond acceptors (Lipinski definition) is 2. The van der Waals surface area contributed by atoms with Gasteiger partial charge in [0.25, 0.3) is 0 Å². The van der Waals surface area contributed by atoms with Crippen molar-refractivity contribution in [2.75, 3.05) is 19.0 Å². The van der Waals surface area contributed by atoms with Crippen LogP contribution in [0.5, 0.6) is 5.75 Å². The van der Waals surface area contributed by atoms with E-state index in [1.54, 1.807) is 0 Å². The molecule has 0 fully saturated rings. The van der Waals surface area contributed by atoms with Gasteiger partial charge in [-0.05, 0) is 45.0 Å². The van der Waals surface area contributed by atoms with Crippen LogP contribution in [-0.2, 0) is 5.41 Å². The molecule has 0 bridgehead atoms. The number of nitrogens with one attached hydrogen (secondary N) is 1. The molecule has 0 radical (unpaired) electrons. The molecule has 0 saturated carbocycles. The number of fused-ring (bicyclic) bond motifs is 1. The molecule has 3 nitrogen and oxygen atoms in total. The Hall–Kier alpha value is -2.26. The van der Waals surface area contributed by atoms with Crippen LogP contribution in [0.1, 0.15) is 26.3 Å². The number of benzene rings is 2.